The molecule has 0 rings (SSSR count). The van der Waals surface area contributed by atoms with Crippen LogP contribution in [0.4, 0.5) is 4.79 Å². The fourth-order valence-corrected chi connectivity index (χ4v) is 1.54. The topological polar surface area (TPSA) is 38.3 Å². The third-order valence-electron chi connectivity index (χ3n) is 2.60. The van der Waals surface area contributed by atoms with E-state index >= 15 is 0 Å². The van der Waals surface area contributed by atoms with Crippen LogP contribution in [0.2, 0.25) is 0 Å². The summed E-state index contributed by atoms with van der Waals surface area (Å²) in [6.45, 7) is 7.39. The molecule has 3 nitrogen and oxygen atoms in total. The van der Waals surface area contributed by atoms with E-state index in [4.69, 9.17) is 4.74 Å². The zero-order chi connectivity index (χ0) is 11.5. The summed E-state index contributed by atoms with van der Waals surface area (Å²) in [4.78, 5) is 11.1. The van der Waals surface area contributed by atoms with Crippen LogP contribution >= 0.6 is 0 Å². The average Bonchev–Trinajstić information content (AvgIpc) is 2.23. The molecule has 1 N–H and O–H groups in total. The van der Waals surface area contributed by atoms with Crippen LogP contribution in [0.1, 0.15) is 52.9 Å². The van der Waals surface area contributed by atoms with Crippen molar-refractivity contribution in [1.82, 2.24) is 5.32 Å². The van der Waals surface area contributed by atoms with Crippen LogP contribution in [0.15, 0.2) is 0 Å². The molecule has 0 heterocycles. The van der Waals surface area contributed by atoms with Gasteiger partial charge in [-0.2, -0.15) is 0 Å². The zero-order valence-corrected chi connectivity index (χ0v) is 10.3. The predicted molar refractivity (Wildman–Crippen MR) is 62.9 cm³/mol. The Morgan fingerprint density at radius 2 is 2.00 bits per heavy atom. The molecule has 0 aliphatic heterocycles. The molecule has 15 heavy (non-hydrogen) atoms. The van der Waals surface area contributed by atoms with Gasteiger partial charge in [0.05, 0.1) is 6.61 Å². The van der Waals surface area contributed by atoms with Crippen molar-refractivity contribution in [2.24, 2.45) is 5.92 Å². The monoisotopic (exact) mass is 215 g/mol. The second-order valence-electron chi connectivity index (χ2n) is 3.87. The van der Waals surface area contributed by atoms with Crippen molar-refractivity contribution < 1.29 is 9.53 Å². The minimum absolute atomic E-state index is 0.286. The average molecular weight is 215 g/mol. The summed E-state index contributed by atoms with van der Waals surface area (Å²) in [5, 5.41) is 2.80. The van der Waals surface area contributed by atoms with Gasteiger partial charge in [-0.15, -0.1) is 0 Å². The van der Waals surface area contributed by atoms with Gasteiger partial charge in [-0.05, 0) is 19.3 Å². The first-order valence-corrected chi connectivity index (χ1v) is 6.15. The van der Waals surface area contributed by atoms with E-state index in [0.29, 0.717) is 12.5 Å². The molecule has 0 aromatic rings. The summed E-state index contributed by atoms with van der Waals surface area (Å²) >= 11 is 0. The second-order valence-corrected chi connectivity index (χ2v) is 3.87. The number of rotatable bonds is 8. The summed E-state index contributed by atoms with van der Waals surface area (Å²) in [6, 6.07) is 0. The second kappa shape index (κ2) is 9.81. The molecule has 0 bridgehead atoms. The highest BCUT2D eigenvalue weighted by molar-refractivity contribution is 5.66. The van der Waals surface area contributed by atoms with Gasteiger partial charge in [0.2, 0.25) is 0 Å². The summed E-state index contributed by atoms with van der Waals surface area (Å²) in [5.41, 5.74) is 0. The van der Waals surface area contributed by atoms with Crippen LogP contribution in [-0.2, 0) is 4.74 Å². The van der Waals surface area contributed by atoms with Crippen molar-refractivity contribution in [2.75, 3.05) is 13.2 Å². The molecule has 0 saturated heterocycles. The van der Waals surface area contributed by atoms with Gasteiger partial charge in [0, 0.05) is 6.54 Å². The van der Waals surface area contributed by atoms with Gasteiger partial charge in [0.15, 0.2) is 0 Å². The predicted octanol–water partition coefficient (Wildman–Crippen LogP) is 3.34. The molecule has 0 fully saturated rings. The van der Waals surface area contributed by atoms with Crippen molar-refractivity contribution in [3.8, 4) is 0 Å². The van der Waals surface area contributed by atoms with Crippen LogP contribution in [-0.4, -0.2) is 19.2 Å². The van der Waals surface area contributed by atoms with Crippen molar-refractivity contribution >= 4 is 6.09 Å². The summed E-state index contributed by atoms with van der Waals surface area (Å²) < 4.78 is 4.81. The normalized spacial score (nSPS) is 12.2. The van der Waals surface area contributed by atoms with Crippen LogP contribution in [0.25, 0.3) is 0 Å². The molecular formula is C12H25NO2. The Hall–Kier alpha value is -0.730. The fourth-order valence-electron chi connectivity index (χ4n) is 1.54. The fraction of sp³-hybridized carbons (Fsp3) is 0.917. The standard InChI is InChI=1S/C12H25NO2/c1-4-7-8-9-11(5-2)10-13-12(14)15-6-3/h11H,4-10H2,1-3H3,(H,13,14). The number of amides is 1. The SMILES string of the molecule is CCCCCC(CC)CNC(=O)OCC. The van der Waals surface area contributed by atoms with E-state index in [1.54, 1.807) is 0 Å². The maximum Gasteiger partial charge on any atom is 0.407 e. The van der Waals surface area contributed by atoms with Gasteiger partial charge in [-0.1, -0.05) is 39.5 Å². The maximum atomic E-state index is 11.1. The van der Waals surface area contributed by atoms with E-state index in [2.05, 4.69) is 19.2 Å². The lowest BCUT2D eigenvalue weighted by molar-refractivity contribution is 0.150. The van der Waals surface area contributed by atoms with E-state index in [0.717, 1.165) is 13.0 Å². The van der Waals surface area contributed by atoms with Gasteiger partial charge in [-0.3, -0.25) is 0 Å². The molecular weight excluding hydrogens is 190 g/mol. The van der Waals surface area contributed by atoms with Crippen LogP contribution in [0.5, 0.6) is 0 Å². The molecule has 1 unspecified atom stereocenters. The van der Waals surface area contributed by atoms with Crippen LogP contribution in [0.3, 0.4) is 0 Å². The van der Waals surface area contributed by atoms with Gasteiger partial charge in [0.25, 0.3) is 0 Å². The molecule has 0 aromatic carbocycles. The number of ether oxygens (including phenoxy) is 1. The Balaban J connectivity index is 3.55. The first-order valence-electron chi connectivity index (χ1n) is 6.15. The number of carbonyl (C=O) groups excluding carboxylic acids is 1. The Kier molecular flexibility index (Phi) is 9.33. The highest BCUT2D eigenvalue weighted by atomic mass is 16.5. The van der Waals surface area contributed by atoms with E-state index < -0.39 is 0 Å². The smallest absolute Gasteiger partial charge is 0.407 e. The Labute approximate surface area is 93.6 Å². The minimum atomic E-state index is -0.286. The van der Waals surface area contributed by atoms with E-state index in [9.17, 15) is 4.79 Å². The lowest BCUT2D eigenvalue weighted by Gasteiger charge is -2.15. The Morgan fingerprint density at radius 1 is 1.27 bits per heavy atom. The number of nitrogens with one attached hydrogen (secondary N) is 1. The lowest BCUT2D eigenvalue weighted by atomic mass is 9.99. The van der Waals surface area contributed by atoms with E-state index in [-0.39, 0.29) is 6.09 Å². The molecule has 0 spiro atoms. The highest BCUT2D eigenvalue weighted by Crippen LogP contribution is 2.12. The highest BCUT2D eigenvalue weighted by Gasteiger charge is 2.08. The Bertz CT molecular complexity index is 160. The number of hydrogen-bond acceptors (Lipinski definition) is 2. The number of unbranched alkanes of at least 4 members (excludes halogenated alkanes) is 2. The van der Waals surface area contributed by atoms with Crippen molar-refractivity contribution in [3.05, 3.63) is 0 Å². The van der Waals surface area contributed by atoms with Crippen LogP contribution < -0.4 is 5.32 Å². The first-order chi connectivity index (χ1) is 7.24. The number of carbonyl (C=O) groups is 1. The molecule has 90 valence electrons. The molecule has 1 amide bonds. The third kappa shape index (κ3) is 8.28. The van der Waals surface area contributed by atoms with E-state index in [1.807, 2.05) is 6.92 Å². The largest absolute Gasteiger partial charge is 0.450 e. The quantitative estimate of drug-likeness (QED) is 0.631. The first kappa shape index (κ1) is 14.3. The summed E-state index contributed by atoms with van der Waals surface area (Å²) in [7, 11) is 0. The van der Waals surface area contributed by atoms with E-state index in [1.165, 1.54) is 25.7 Å². The molecule has 0 saturated carbocycles. The lowest BCUT2D eigenvalue weighted by Crippen LogP contribution is -2.29. The molecule has 3 heteroatoms. The molecule has 0 aliphatic rings. The molecule has 0 aliphatic carbocycles. The molecule has 1 atom stereocenters. The van der Waals surface area contributed by atoms with Gasteiger partial charge in [-0.25, -0.2) is 4.79 Å². The number of hydrogen-bond donors (Lipinski definition) is 1. The van der Waals surface area contributed by atoms with Crippen molar-refractivity contribution in [2.45, 2.75) is 52.9 Å². The summed E-state index contributed by atoms with van der Waals surface area (Å²) in [6.07, 6.45) is 5.84. The number of alkyl carbamates (subject to hydrolysis) is 1. The van der Waals surface area contributed by atoms with Gasteiger partial charge < -0.3 is 10.1 Å². The Morgan fingerprint density at radius 3 is 2.53 bits per heavy atom. The van der Waals surface area contributed by atoms with Gasteiger partial charge in [0.1, 0.15) is 0 Å². The zero-order valence-electron chi connectivity index (χ0n) is 10.3. The maximum absolute atomic E-state index is 11.1. The minimum Gasteiger partial charge on any atom is -0.450 e. The molecule has 0 aromatic heterocycles. The third-order valence-corrected chi connectivity index (χ3v) is 2.60. The van der Waals surface area contributed by atoms with Crippen molar-refractivity contribution in [3.63, 3.8) is 0 Å². The summed E-state index contributed by atoms with van der Waals surface area (Å²) in [5.74, 6) is 0.598. The van der Waals surface area contributed by atoms with Crippen LogP contribution in [0, 0.1) is 5.92 Å². The van der Waals surface area contributed by atoms with Gasteiger partial charge >= 0.3 is 6.09 Å². The molecule has 0 radical (unpaired) electrons. The van der Waals surface area contributed by atoms with Crippen molar-refractivity contribution in [1.29, 1.82) is 0 Å².